The first-order chi connectivity index (χ1) is 8.72. The number of esters is 1. The first-order valence-electron chi connectivity index (χ1n) is 5.58. The second-order valence-electron chi connectivity index (χ2n) is 3.83. The summed E-state index contributed by atoms with van der Waals surface area (Å²) < 4.78 is 4.73. The molecule has 1 heterocycles. The van der Waals surface area contributed by atoms with E-state index >= 15 is 0 Å². The van der Waals surface area contributed by atoms with Gasteiger partial charge in [0.05, 0.1) is 7.11 Å². The van der Waals surface area contributed by atoms with E-state index < -0.39 is 5.97 Å². The molecule has 0 amide bonds. The van der Waals surface area contributed by atoms with Crippen molar-refractivity contribution in [3.63, 3.8) is 0 Å². The molecule has 0 aliphatic heterocycles. The monoisotopic (exact) mass is 242 g/mol. The van der Waals surface area contributed by atoms with Crippen molar-refractivity contribution in [1.29, 1.82) is 0 Å². The molecule has 0 bridgehead atoms. The molecule has 2 aromatic rings. The molecule has 2 rings (SSSR count). The number of ether oxygens (including phenoxy) is 1. The number of anilines is 2. The Morgan fingerprint density at radius 2 is 2.00 bits per heavy atom. The maximum absolute atomic E-state index is 11.6. The van der Waals surface area contributed by atoms with Crippen LogP contribution in [-0.4, -0.2) is 18.1 Å². The molecule has 4 nitrogen and oxygen atoms in total. The van der Waals surface area contributed by atoms with Crippen LogP contribution in [0.1, 0.15) is 15.9 Å². The number of aryl methyl sites for hydroxylation is 1. The Labute approximate surface area is 106 Å². The fourth-order valence-electron chi connectivity index (χ4n) is 1.62. The van der Waals surface area contributed by atoms with Crippen LogP contribution in [0.15, 0.2) is 42.6 Å². The van der Waals surface area contributed by atoms with E-state index in [0.29, 0.717) is 11.4 Å². The minimum atomic E-state index is -0.404. The predicted molar refractivity (Wildman–Crippen MR) is 70.0 cm³/mol. The Morgan fingerprint density at radius 1 is 1.22 bits per heavy atom. The van der Waals surface area contributed by atoms with Gasteiger partial charge in [-0.25, -0.2) is 9.78 Å². The van der Waals surface area contributed by atoms with Crippen molar-refractivity contribution in [3.05, 3.63) is 53.7 Å². The fourth-order valence-corrected chi connectivity index (χ4v) is 1.62. The summed E-state index contributed by atoms with van der Waals surface area (Å²) in [5.41, 5.74) is 2.42. The van der Waals surface area contributed by atoms with E-state index in [-0.39, 0.29) is 0 Å². The number of benzene rings is 1. The van der Waals surface area contributed by atoms with E-state index in [9.17, 15) is 4.79 Å². The number of rotatable bonds is 3. The Morgan fingerprint density at radius 3 is 2.72 bits per heavy atom. The molecule has 0 aliphatic carbocycles. The quantitative estimate of drug-likeness (QED) is 0.841. The van der Waals surface area contributed by atoms with Crippen molar-refractivity contribution < 1.29 is 9.53 Å². The number of hydrogen-bond donors (Lipinski definition) is 1. The average Bonchev–Trinajstić information content (AvgIpc) is 2.41. The average molecular weight is 242 g/mol. The lowest BCUT2D eigenvalue weighted by atomic mass is 10.2. The van der Waals surface area contributed by atoms with Crippen LogP contribution in [0.4, 0.5) is 11.5 Å². The van der Waals surface area contributed by atoms with Gasteiger partial charge in [0.2, 0.25) is 0 Å². The highest BCUT2D eigenvalue weighted by Gasteiger charge is 2.12. The first-order valence-corrected chi connectivity index (χ1v) is 5.58. The summed E-state index contributed by atoms with van der Waals surface area (Å²) in [4.78, 5) is 15.8. The molecule has 0 saturated carbocycles. The smallest absolute Gasteiger partial charge is 0.341 e. The van der Waals surface area contributed by atoms with Crippen molar-refractivity contribution >= 4 is 17.5 Å². The largest absolute Gasteiger partial charge is 0.465 e. The van der Waals surface area contributed by atoms with Crippen LogP contribution in [0.5, 0.6) is 0 Å². The minimum absolute atomic E-state index is 0.404. The summed E-state index contributed by atoms with van der Waals surface area (Å²) in [6, 6.07) is 11.2. The molecular weight excluding hydrogens is 228 g/mol. The number of hydrogen-bond acceptors (Lipinski definition) is 4. The Bertz CT molecular complexity index is 567. The number of carbonyl (C=O) groups excluding carboxylic acids is 1. The fraction of sp³-hybridized carbons (Fsp3) is 0.143. The zero-order chi connectivity index (χ0) is 13.0. The summed E-state index contributed by atoms with van der Waals surface area (Å²) in [6.07, 6.45) is 1.63. The van der Waals surface area contributed by atoms with E-state index in [1.165, 1.54) is 7.11 Å². The highest BCUT2D eigenvalue weighted by Crippen LogP contribution is 2.21. The van der Waals surface area contributed by atoms with Gasteiger partial charge in [-0.05, 0) is 30.7 Å². The normalized spacial score (nSPS) is 9.89. The maximum atomic E-state index is 11.6. The summed E-state index contributed by atoms with van der Waals surface area (Å²) in [5.74, 6) is 0.0952. The highest BCUT2D eigenvalue weighted by atomic mass is 16.5. The molecule has 0 atom stereocenters. The zero-order valence-electron chi connectivity index (χ0n) is 10.3. The lowest BCUT2D eigenvalue weighted by Gasteiger charge is -2.11. The van der Waals surface area contributed by atoms with E-state index in [0.717, 1.165) is 11.3 Å². The van der Waals surface area contributed by atoms with E-state index in [2.05, 4.69) is 10.3 Å². The van der Waals surface area contributed by atoms with Gasteiger partial charge in [0.25, 0.3) is 0 Å². The van der Waals surface area contributed by atoms with Gasteiger partial charge < -0.3 is 10.1 Å². The molecule has 92 valence electrons. The number of nitrogens with zero attached hydrogens (tertiary/aromatic N) is 1. The lowest BCUT2D eigenvalue weighted by molar-refractivity contribution is 0.0601. The van der Waals surface area contributed by atoms with Gasteiger partial charge >= 0.3 is 5.97 Å². The van der Waals surface area contributed by atoms with Crippen LogP contribution in [-0.2, 0) is 4.74 Å². The van der Waals surface area contributed by atoms with E-state index in [1.54, 1.807) is 18.3 Å². The lowest BCUT2D eigenvalue weighted by Crippen LogP contribution is -2.07. The molecule has 0 radical (unpaired) electrons. The SMILES string of the molecule is COC(=O)c1cccnc1Nc1ccccc1C. The summed E-state index contributed by atoms with van der Waals surface area (Å²) in [5, 5.41) is 3.14. The van der Waals surface area contributed by atoms with Crippen LogP contribution < -0.4 is 5.32 Å². The van der Waals surface area contributed by atoms with Gasteiger partial charge in [-0.2, -0.15) is 0 Å². The van der Waals surface area contributed by atoms with Crippen LogP contribution in [0, 0.1) is 6.92 Å². The number of aromatic nitrogens is 1. The Balaban J connectivity index is 2.35. The number of carbonyl (C=O) groups is 1. The van der Waals surface area contributed by atoms with Gasteiger partial charge in [-0.15, -0.1) is 0 Å². The molecule has 1 N–H and O–H groups in total. The third-order valence-electron chi connectivity index (χ3n) is 2.61. The predicted octanol–water partition coefficient (Wildman–Crippen LogP) is 2.92. The Hall–Kier alpha value is -2.36. The standard InChI is InChI=1S/C14H14N2O2/c1-10-6-3-4-8-12(10)16-13-11(14(17)18-2)7-5-9-15-13/h3-9H,1-2H3,(H,15,16). The topological polar surface area (TPSA) is 51.2 Å². The minimum Gasteiger partial charge on any atom is -0.465 e. The summed E-state index contributed by atoms with van der Waals surface area (Å²) in [7, 11) is 1.35. The summed E-state index contributed by atoms with van der Waals surface area (Å²) in [6.45, 7) is 1.99. The molecule has 4 heteroatoms. The molecule has 1 aromatic carbocycles. The summed E-state index contributed by atoms with van der Waals surface area (Å²) >= 11 is 0. The number of pyridine rings is 1. The molecule has 0 fully saturated rings. The van der Waals surface area contributed by atoms with Crippen molar-refractivity contribution in [2.45, 2.75) is 6.92 Å². The second-order valence-corrected chi connectivity index (χ2v) is 3.83. The van der Waals surface area contributed by atoms with Gasteiger partial charge in [-0.3, -0.25) is 0 Å². The third-order valence-corrected chi connectivity index (χ3v) is 2.61. The molecule has 0 unspecified atom stereocenters. The van der Waals surface area contributed by atoms with Crippen molar-refractivity contribution in [3.8, 4) is 0 Å². The van der Waals surface area contributed by atoms with Crippen LogP contribution >= 0.6 is 0 Å². The molecular formula is C14H14N2O2. The molecule has 1 aromatic heterocycles. The van der Waals surface area contributed by atoms with Crippen LogP contribution in [0.3, 0.4) is 0 Å². The maximum Gasteiger partial charge on any atom is 0.341 e. The second kappa shape index (κ2) is 5.31. The number of nitrogens with one attached hydrogen (secondary N) is 1. The first kappa shape index (κ1) is 12.1. The van der Waals surface area contributed by atoms with Gasteiger partial charge in [0, 0.05) is 11.9 Å². The molecule has 0 aliphatic rings. The highest BCUT2D eigenvalue weighted by molar-refractivity contribution is 5.95. The molecule has 0 spiro atoms. The van der Waals surface area contributed by atoms with Gasteiger partial charge in [0.15, 0.2) is 0 Å². The number of methoxy groups -OCH3 is 1. The van der Waals surface area contributed by atoms with E-state index in [1.807, 2.05) is 31.2 Å². The van der Waals surface area contributed by atoms with Crippen LogP contribution in [0.25, 0.3) is 0 Å². The zero-order valence-corrected chi connectivity index (χ0v) is 10.3. The van der Waals surface area contributed by atoms with Gasteiger partial charge in [0.1, 0.15) is 11.4 Å². The Kier molecular flexibility index (Phi) is 3.57. The van der Waals surface area contributed by atoms with E-state index in [4.69, 9.17) is 4.74 Å². The van der Waals surface area contributed by atoms with Crippen molar-refractivity contribution in [2.24, 2.45) is 0 Å². The third kappa shape index (κ3) is 2.48. The van der Waals surface area contributed by atoms with Crippen molar-refractivity contribution in [1.82, 2.24) is 4.98 Å². The molecule has 18 heavy (non-hydrogen) atoms. The van der Waals surface area contributed by atoms with Crippen LogP contribution in [0.2, 0.25) is 0 Å². The van der Waals surface area contributed by atoms with Crippen molar-refractivity contribution in [2.75, 3.05) is 12.4 Å². The van der Waals surface area contributed by atoms with Gasteiger partial charge in [-0.1, -0.05) is 18.2 Å². The number of para-hydroxylation sites is 1. The molecule has 0 saturated heterocycles.